The normalized spacial score (nSPS) is 22.4. The number of hydrogen-bond donors (Lipinski definition) is 2. The highest BCUT2D eigenvalue weighted by molar-refractivity contribution is 7.15. The SMILES string of the molecule is CC(O)CC1CCCN1Cc1cnc(N)s1.Cl. The van der Waals surface area contributed by atoms with Gasteiger partial charge in [0, 0.05) is 23.7 Å². The van der Waals surface area contributed by atoms with Gasteiger partial charge in [-0.2, -0.15) is 0 Å². The second-order valence-electron chi connectivity index (χ2n) is 4.52. The van der Waals surface area contributed by atoms with E-state index >= 15 is 0 Å². The van der Waals surface area contributed by atoms with Gasteiger partial charge in [-0.1, -0.05) is 0 Å². The van der Waals surface area contributed by atoms with Crippen molar-refractivity contribution in [3.63, 3.8) is 0 Å². The Bertz CT molecular complexity index is 345. The quantitative estimate of drug-likeness (QED) is 0.882. The molecule has 0 spiro atoms. The second kappa shape index (κ2) is 6.54. The number of likely N-dealkylation sites (tertiary alicyclic amines) is 1. The maximum atomic E-state index is 9.44. The average Bonchev–Trinajstić information content (AvgIpc) is 2.77. The van der Waals surface area contributed by atoms with Crippen LogP contribution in [-0.4, -0.2) is 33.7 Å². The van der Waals surface area contributed by atoms with Gasteiger partial charge in [0.25, 0.3) is 0 Å². The van der Waals surface area contributed by atoms with E-state index in [9.17, 15) is 5.11 Å². The standard InChI is InChI=1S/C11H19N3OS.ClH/c1-8(15)5-9-3-2-4-14(9)7-10-6-13-11(12)16-10;/h6,8-9,15H,2-5,7H2,1H3,(H2,12,13);1H. The minimum absolute atomic E-state index is 0. The van der Waals surface area contributed by atoms with Gasteiger partial charge in [-0.3, -0.25) is 4.90 Å². The molecule has 0 aliphatic carbocycles. The zero-order valence-electron chi connectivity index (χ0n) is 10.0. The Morgan fingerprint density at radius 1 is 1.71 bits per heavy atom. The van der Waals surface area contributed by atoms with Crippen LogP contribution in [0.3, 0.4) is 0 Å². The maximum absolute atomic E-state index is 9.44. The molecule has 2 heterocycles. The van der Waals surface area contributed by atoms with E-state index in [4.69, 9.17) is 5.73 Å². The van der Waals surface area contributed by atoms with Gasteiger partial charge >= 0.3 is 0 Å². The largest absolute Gasteiger partial charge is 0.393 e. The number of aliphatic hydroxyl groups excluding tert-OH is 1. The van der Waals surface area contributed by atoms with Gasteiger partial charge in [-0.25, -0.2) is 4.98 Å². The number of hydrogen-bond acceptors (Lipinski definition) is 5. The molecule has 1 aliphatic rings. The van der Waals surface area contributed by atoms with Crippen LogP contribution >= 0.6 is 23.7 Å². The van der Waals surface area contributed by atoms with Crippen LogP contribution in [0.5, 0.6) is 0 Å². The van der Waals surface area contributed by atoms with E-state index in [1.165, 1.54) is 17.7 Å². The highest BCUT2D eigenvalue weighted by atomic mass is 35.5. The van der Waals surface area contributed by atoms with Crippen molar-refractivity contribution in [1.82, 2.24) is 9.88 Å². The fourth-order valence-corrected chi connectivity index (χ4v) is 3.07. The summed E-state index contributed by atoms with van der Waals surface area (Å²) in [7, 11) is 0. The number of aromatic nitrogens is 1. The Kier molecular flexibility index (Phi) is 5.66. The third-order valence-electron chi connectivity index (χ3n) is 3.04. The summed E-state index contributed by atoms with van der Waals surface area (Å²) in [5.74, 6) is 0. The zero-order valence-corrected chi connectivity index (χ0v) is 11.6. The van der Waals surface area contributed by atoms with Crippen molar-refractivity contribution in [2.45, 2.75) is 44.9 Å². The number of aliphatic hydroxyl groups is 1. The van der Waals surface area contributed by atoms with Crippen LogP contribution in [0.2, 0.25) is 0 Å². The summed E-state index contributed by atoms with van der Waals surface area (Å²) in [6.45, 7) is 3.91. The molecule has 0 radical (unpaired) electrons. The van der Waals surface area contributed by atoms with Crippen LogP contribution in [0.25, 0.3) is 0 Å². The van der Waals surface area contributed by atoms with Gasteiger partial charge < -0.3 is 10.8 Å². The molecule has 98 valence electrons. The molecule has 6 heteroatoms. The molecule has 2 unspecified atom stereocenters. The molecule has 3 N–H and O–H groups in total. The lowest BCUT2D eigenvalue weighted by molar-refractivity contribution is 0.131. The molecule has 1 saturated heterocycles. The Labute approximate surface area is 112 Å². The van der Waals surface area contributed by atoms with Crippen molar-refractivity contribution in [3.05, 3.63) is 11.1 Å². The number of nitrogens with zero attached hydrogens (tertiary/aromatic N) is 2. The Morgan fingerprint density at radius 3 is 3.06 bits per heavy atom. The molecule has 2 rings (SSSR count). The van der Waals surface area contributed by atoms with Crippen molar-refractivity contribution in [3.8, 4) is 0 Å². The maximum Gasteiger partial charge on any atom is 0.180 e. The summed E-state index contributed by atoms with van der Waals surface area (Å²) < 4.78 is 0. The highest BCUT2D eigenvalue weighted by Gasteiger charge is 2.25. The van der Waals surface area contributed by atoms with Crippen LogP contribution in [-0.2, 0) is 6.54 Å². The molecule has 0 saturated carbocycles. The monoisotopic (exact) mass is 277 g/mol. The summed E-state index contributed by atoms with van der Waals surface area (Å²) in [6, 6.07) is 0.517. The molecule has 0 bridgehead atoms. The fourth-order valence-electron chi connectivity index (χ4n) is 2.36. The summed E-state index contributed by atoms with van der Waals surface area (Å²) in [4.78, 5) is 7.71. The van der Waals surface area contributed by atoms with E-state index in [2.05, 4.69) is 9.88 Å². The first-order chi connectivity index (χ1) is 7.65. The first-order valence-electron chi connectivity index (χ1n) is 5.77. The molecule has 2 atom stereocenters. The minimum Gasteiger partial charge on any atom is -0.393 e. The topological polar surface area (TPSA) is 62.4 Å². The predicted molar refractivity (Wildman–Crippen MR) is 73.5 cm³/mol. The Morgan fingerprint density at radius 2 is 2.47 bits per heavy atom. The molecule has 1 fully saturated rings. The van der Waals surface area contributed by atoms with Gasteiger partial charge in [0.1, 0.15) is 0 Å². The predicted octanol–water partition coefficient (Wildman–Crippen LogP) is 1.88. The second-order valence-corrected chi connectivity index (χ2v) is 5.66. The molecular formula is C11H20ClN3OS. The molecule has 1 aliphatic heterocycles. The first-order valence-corrected chi connectivity index (χ1v) is 6.59. The summed E-state index contributed by atoms with van der Waals surface area (Å²) >= 11 is 1.56. The van der Waals surface area contributed by atoms with E-state index in [0.29, 0.717) is 11.2 Å². The number of rotatable bonds is 4. The molecule has 0 amide bonds. The van der Waals surface area contributed by atoms with Gasteiger partial charge in [0.2, 0.25) is 0 Å². The van der Waals surface area contributed by atoms with Crippen molar-refractivity contribution in [2.24, 2.45) is 0 Å². The first kappa shape index (κ1) is 14.7. The van der Waals surface area contributed by atoms with Crippen LogP contribution < -0.4 is 5.73 Å². The van der Waals surface area contributed by atoms with Crippen LogP contribution in [0.4, 0.5) is 5.13 Å². The van der Waals surface area contributed by atoms with Gasteiger partial charge in [0.15, 0.2) is 5.13 Å². The van der Waals surface area contributed by atoms with E-state index in [-0.39, 0.29) is 18.5 Å². The molecule has 17 heavy (non-hydrogen) atoms. The third-order valence-corrected chi connectivity index (χ3v) is 3.85. The Hall–Kier alpha value is -0.360. The smallest absolute Gasteiger partial charge is 0.180 e. The molecule has 1 aromatic heterocycles. The van der Waals surface area contributed by atoms with Gasteiger partial charge in [-0.05, 0) is 32.7 Å². The molecular weight excluding hydrogens is 258 g/mol. The third kappa shape index (κ3) is 4.10. The lowest BCUT2D eigenvalue weighted by Gasteiger charge is -2.24. The van der Waals surface area contributed by atoms with Crippen molar-refractivity contribution < 1.29 is 5.11 Å². The van der Waals surface area contributed by atoms with Crippen molar-refractivity contribution in [2.75, 3.05) is 12.3 Å². The van der Waals surface area contributed by atoms with Gasteiger partial charge in [-0.15, -0.1) is 23.7 Å². The molecule has 4 nitrogen and oxygen atoms in total. The minimum atomic E-state index is -0.211. The number of thiazole rings is 1. The van der Waals surface area contributed by atoms with Gasteiger partial charge in [0.05, 0.1) is 6.10 Å². The number of halogens is 1. The van der Waals surface area contributed by atoms with Crippen LogP contribution in [0, 0.1) is 0 Å². The highest BCUT2D eigenvalue weighted by Crippen LogP contribution is 2.25. The Balaban J connectivity index is 0.00000144. The summed E-state index contributed by atoms with van der Waals surface area (Å²) in [5, 5.41) is 10.1. The molecule has 1 aromatic rings. The lowest BCUT2D eigenvalue weighted by atomic mass is 10.1. The van der Waals surface area contributed by atoms with Crippen LogP contribution in [0.1, 0.15) is 31.1 Å². The fraction of sp³-hybridized carbons (Fsp3) is 0.727. The molecule has 0 aromatic carbocycles. The van der Waals surface area contributed by atoms with E-state index in [1.54, 1.807) is 11.3 Å². The van der Waals surface area contributed by atoms with Crippen molar-refractivity contribution in [1.29, 1.82) is 0 Å². The summed E-state index contributed by atoms with van der Waals surface area (Å²) in [6.07, 6.45) is 4.94. The zero-order chi connectivity index (χ0) is 11.5. The number of nitrogens with two attached hydrogens (primary N) is 1. The van der Waals surface area contributed by atoms with E-state index < -0.39 is 0 Å². The average molecular weight is 278 g/mol. The number of nitrogen functional groups attached to an aromatic ring is 1. The van der Waals surface area contributed by atoms with Crippen LogP contribution in [0.15, 0.2) is 6.20 Å². The van der Waals surface area contributed by atoms with Crippen molar-refractivity contribution >= 4 is 28.9 Å². The number of anilines is 1. The van der Waals surface area contributed by atoms with E-state index in [1.807, 2.05) is 13.1 Å². The lowest BCUT2D eigenvalue weighted by Crippen LogP contribution is -2.31. The van der Waals surface area contributed by atoms with E-state index in [0.717, 1.165) is 19.5 Å². The summed E-state index contributed by atoms with van der Waals surface area (Å²) in [5.41, 5.74) is 5.62.